The Balaban J connectivity index is 2.98. The molecule has 1 aliphatic heterocycles. The second-order valence-electron chi connectivity index (χ2n) is 10.9. The molecule has 1 aromatic carbocycles. The number of nitrogens with zero attached hydrogens (tertiary/aromatic N) is 2. The van der Waals surface area contributed by atoms with Gasteiger partial charge in [0.1, 0.15) is 39.8 Å². The molecule has 208 valence electrons. The zero-order valence-electron chi connectivity index (χ0n) is 21.8. The molecule has 1 aliphatic rings. The summed E-state index contributed by atoms with van der Waals surface area (Å²) < 4.78 is 67.2. The molecule has 2 atom stereocenters. The number of sulfone groups is 1. The highest BCUT2D eigenvalue weighted by atomic mass is 127. The number of imide groups is 1. The van der Waals surface area contributed by atoms with Crippen molar-refractivity contribution in [3.05, 3.63) is 34.1 Å². The summed E-state index contributed by atoms with van der Waals surface area (Å²) in [7, 11) is -4.35. The van der Waals surface area contributed by atoms with Gasteiger partial charge in [-0.05, 0) is 73.1 Å². The van der Waals surface area contributed by atoms with E-state index in [0.29, 0.717) is 9.37 Å². The summed E-state index contributed by atoms with van der Waals surface area (Å²) >= 11 is 5.16. The Labute approximate surface area is 238 Å². The summed E-state index contributed by atoms with van der Waals surface area (Å²) in [5.41, 5.74) is -4.78. The highest BCUT2D eigenvalue weighted by Crippen LogP contribution is 2.43. The molecule has 2 amide bonds. The Bertz CT molecular complexity index is 1170. The van der Waals surface area contributed by atoms with E-state index in [9.17, 15) is 22.4 Å². The third-order valence-electron chi connectivity index (χ3n) is 5.49. The molecule has 0 aromatic heterocycles. The van der Waals surface area contributed by atoms with Crippen LogP contribution in [0, 0.1) is 5.82 Å². The molecule has 13 heteroatoms. The van der Waals surface area contributed by atoms with Crippen LogP contribution in [0.5, 0.6) is 0 Å². The SMILES string of the molecule is CC(C)(C)OC(=O)N(C(=O)OC(C)(C)C)C1=NC(CF)(c2cc(Br)ccc2F)CS(=O)(=O)C1(C)CCI. The molecule has 0 aliphatic carbocycles. The second kappa shape index (κ2) is 11.0. The monoisotopic (exact) mass is 720 g/mol. The molecule has 0 bridgehead atoms. The lowest BCUT2D eigenvalue weighted by atomic mass is 9.92. The van der Waals surface area contributed by atoms with Gasteiger partial charge >= 0.3 is 12.2 Å². The number of amidine groups is 1. The first-order chi connectivity index (χ1) is 16.7. The molecule has 1 aromatic rings. The number of hydrogen-bond donors (Lipinski definition) is 0. The van der Waals surface area contributed by atoms with E-state index < -0.39 is 67.6 Å². The topological polar surface area (TPSA) is 102 Å². The lowest BCUT2D eigenvalue weighted by molar-refractivity contribution is 0.0138. The molecular weight excluding hydrogens is 689 g/mol. The first-order valence-electron chi connectivity index (χ1n) is 11.4. The number of carbonyl (C=O) groups excluding carboxylic acids is 2. The molecule has 1 heterocycles. The van der Waals surface area contributed by atoms with Crippen molar-refractivity contribution < 1.29 is 36.3 Å². The number of rotatable bonds is 4. The minimum Gasteiger partial charge on any atom is -0.443 e. The van der Waals surface area contributed by atoms with Crippen LogP contribution >= 0.6 is 38.5 Å². The van der Waals surface area contributed by atoms with Crippen molar-refractivity contribution in [3.8, 4) is 0 Å². The van der Waals surface area contributed by atoms with E-state index in [1.54, 1.807) is 41.5 Å². The Morgan fingerprint density at radius 1 is 1.14 bits per heavy atom. The number of halogens is 4. The minimum absolute atomic E-state index is 0.0693. The minimum atomic E-state index is -4.35. The summed E-state index contributed by atoms with van der Waals surface area (Å²) in [4.78, 5) is 31.6. The third kappa shape index (κ3) is 7.00. The average molecular weight is 721 g/mol. The Kier molecular flexibility index (Phi) is 9.50. The highest BCUT2D eigenvalue weighted by Gasteiger charge is 2.58. The molecule has 2 unspecified atom stereocenters. The predicted octanol–water partition coefficient (Wildman–Crippen LogP) is 6.34. The summed E-state index contributed by atoms with van der Waals surface area (Å²) in [5, 5.41) is 0. The Hall–Kier alpha value is -1.35. The van der Waals surface area contributed by atoms with Crippen LogP contribution in [0.4, 0.5) is 18.4 Å². The fourth-order valence-corrected chi connectivity index (χ4v) is 7.57. The van der Waals surface area contributed by atoms with Gasteiger partial charge in [-0.1, -0.05) is 38.5 Å². The van der Waals surface area contributed by atoms with Gasteiger partial charge in [0, 0.05) is 14.5 Å². The predicted molar refractivity (Wildman–Crippen MR) is 149 cm³/mol. The summed E-state index contributed by atoms with van der Waals surface area (Å²) in [5.74, 6) is -2.36. The number of alkyl halides is 2. The first kappa shape index (κ1) is 31.9. The number of aliphatic imine (C=N–C) groups is 1. The summed E-state index contributed by atoms with van der Waals surface area (Å²) in [6.07, 6.45) is -2.57. The Morgan fingerprint density at radius 2 is 1.65 bits per heavy atom. The Morgan fingerprint density at radius 3 is 2.08 bits per heavy atom. The lowest BCUT2D eigenvalue weighted by Crippen LogP contribution is -2.63. The van der Waals surface area contributed by atoms with Gasteiger partial charge in [-0.15, -0.1) is 0 Å². The zero-order valence-corrected chi connectivity index (χ0v) is 26.4. The van der Waals surface area contributed by atoms with E-state index in [1.165, 1.54) is 19.1 Å². The van der Waals surface area contributed by atoms with Crippen LogP contribution in [0.25, 0.3) is 0 Å². The van der Waals surface area contributed by atoms with Gasteiger partial charge in [-0.3, -0.25) is 4.99 Å². The van der Waals surface area contributed by atoms with Crippen LogP contribution < -0.4 is 0 Å². The maximum atomic E-state index is 15.0. The quantitative estimate of drug-likeness (QED) is 0.266. The smallest absolute Gasteiger partial charge is 0.425 e. The van der Waals surface area contributed by atoms with Crippen LogP contribution in [-0.4, -0.2) is 64.1 Å². The first-order valence-corrected chi connectivity index (χ1v) is 15.4. The number of carbonyl (C=O) groups is 2. The third-order valence-corrected chi connectivity index (χ3v) is 9.14. The highest BCUT2D eigenvalue weighted by molar-refractivity contribution is 14.1. The van der Waals surface area contributed by atoms with E-state index in [0.717, 1.165) is 6.07 Å². The van der Waals surface area contributed by atoms with Crippen LogP contribution in [0.3, 0.4) is 0 Å². The second-order valence-corrected chi connectivity index (χ2v) is 15.4. The van der Waals surface area contributed by atoms with Crippen LogP contribution in [0.1, 0.15) is 60.5 Å². The van der Waals surface area contributed by atoms with Gasteiger partial charge in [0.15, 0.2) is 9.84 Å². The normalized spacial score (nSPS) is 23.7. The largest absolute Gasteiger partial charge is 0.443 e. The van der Waals surface area contributed by atoms with Crippen molar-refractivity contribution in [3.63, 3.8) is 0 Å². The maximum absolute atomic E-state index is 15.0. The molecule has 0 fully saturated rings. The standard InChI is InChI=1S/C24H32BrF2IN2O6S/c1-21(2,3)35-19(31)30(20(32)36-22(4,5)6)18-23(7,10-11-28)37(33,34)14-24(13-26,29-18)16-12-15(25)8-9-17(16)27/h8-9,12H,10-11,13-14H2,1-7H3. The zero-order chi connectivity index (χ0) is 28.6. The van der Waals surface area contributed by atoms with Crippen molar-refractivity contribution in [2.24, 2.45) is 4.99 Å². The van der Waals surface area contributed by atoms with Crippen molar-refractivity contribution in [2.75, 3.05) is 16.9 Å². The van der Waals surface area contributed by atoms with Crippen LogP contribution in [-0.2, 0) is 24.8 Å². The molecule has 0 radical (unpaired) electrons. The van der Waals surface area contributed by atoms with Crippen molar-refractivity contribution in [1.29, 1.82) is 0 Å². The van der Waals surface area contributed by atoms with Gasteiger partial charge < -0.3 is 9.47 Å². The maximum Gasteiger partial charge on any atom is 0.425 e. The van der Waals surface area contributed by atoms with Crippen LogP contribution in [0.2, 0.25) is 0 Å². The van der Waals surface area contributed by atoms with Crippen LogP contribution in [0.15, 0.2) is 27.7 Å². The molecule has 2 rings (SSSR count). The van der Waals surface area contributed by atoms with Gasteiger partial charge in [0.2, 0.25) is 0 Å². The molecule has 0 saturated heterocycles. The summed E-state index contributed by atoms with van der Waals surface area (Å²) in [6.45, 7) is 9.25. The van der Waals surface area contributed by atoms with Crippen molar-refractivity contribution in [2.45, 2.75) is 76.4 Å². The van der Waals surface area contributed by atoms with Gasteiger partial charge in [0.25, 0.3) is 0 Å². The molecule has 0 spiro atoms. The molecule has 0 N–H and O–H groups in total. The number of amides is 2. The van der Waals surface area contributed by atoms with E-state index in [1.807, 2.05) is 22.6 Å². The fraction of sp³-hybridized carbons (Fsp3) is 0.625. The van der Waals surface area contributed by atoms with E-state index in [-0.39, 0.29) is 16.4 Å². The van der Waals surface area contributed by atoms with Crippen molar-refractivity contribution >= 4 is 66.4 Å². The van der Waals surface area contributed by atoms with Gasteiger partial charge in [0.05, 0.1) is 5.75 Å². The fourth-order valence-electron chi connectivity index (χ4n) is 3.70. The summed E-state index contributed by atoms with van der Waals surface area (Å²) in [6, 6.07) is 3.66. The molecular formula is C24H32BrF2IN2O6S. The number of benzene rings is 1. The molecule has 8 nitrogen and oxygen atoms in total. The van der Waals surface area contributed by atoms with E-state index >= 15 is 4.39 Å². The van der Waals surface area contributed by atoms with Gasteiger partial charge in [-0.25, -0.2) is 26.8 Å². The van der Waals surface area contributed by atoms with Gasteiger partial charge in [-0.2, -0.15) is 4.90 Å². The number of ether oxygens (including phenoxy) is 2. The number of hydrogen-bond acceptors (Lipinski definition) is 7. The van der Waals surface area contributed by atoms with E-state index in [2.05, 4.69) is 20.9 Å². The average Bonchev–Trinajstić information content (AvgIpc) is 2.70. The van der Waals surface area contributed by atoms with Crippen molar-refractivity contribution in [1.82, 2.24) is 4.90 Å². The molecule has 37 heavy (non-hydrogen) atoms. The molecule has 0 saturated carbocycles. The lowest BCUT2D eigenvalue weighted by Gasteiger charge is -2.44. The van der Waals surface area contributed by atoms with E-state index in [4.69, 9.17) is 9.47 Å².